The molecule has 18 heavy (non-hydrogen) atoms. The van der Waals surface area contributed by atoms with Crippen LogP contribution in [0.15, 0.2) is 22.1 Å². The zero-order chi connectivity index (χ0) is 13.5. The quantitative estimate of drug-likeness (QED) is 0.752. The predicted molar refractivity (Wildman–Crippen MR) is 71.4 cm³/mol. The molecule has 0 aliphatic heterocycles. The molecule has 1 rings (SSSR count). The molecule has 0 aromatic carbocycles. The molecule has 0 spiro atoms. The van der Waals surface area contributed by atoms with Crippen LogP contribution >= 0.6 is 11.8 Å². The van der Waals surface area contributed by atoms with E-state index < -0.39 is 5.97 Å². The van der Waals surface area contributed by atoms with Crippen LogP contribution in [0.2, 0.25) is 0 Å². The van der Waals surface area contributed by atoms with Gasteiger partial charge in [0.2, 0.25) is 0 Å². The lowest BCUT2D eigenvalue weighted by Crippen LogP contribution is -2.11. The summed E-state index contributed by atoms with van der Waals surface area (Å²) in [5, 5.41) is 8.57. The second-order valence-electron chi connectivity index (χ2n) is 3.98. The van der Waals surface area contributed by atoms with Crippen molar-refractivity contribution in [2.45, 2.75) is 33.1 Å². The molecule has 1 aliphatic carbocycles. The number of ether oxygens (including phenoxy) is 1. The van der Waals surface area contributed by atoms with Gasteiger partial charge < -0.3 is 9.84 Å². The van der Waals surface area contributed by atoms with Crippen LogP contribution in [0.1, 0.15) is 33.1 Å². The smallest absolute Gasteiger partial charge is 0.334 e. The Balaban J connectivity index is 2.58. The molecule has 0 unspecified atom stereocenters. The van der Waals surface area contributed by atoms with E-state index in [1.807, 2.05) is 13.0 Å². The molecule has 0 radical (unpaired) electrons. The van der Waals surface area contributed by atoms with Gasteiger partial charge in [0, 0.05) is 11.3 Å². The Hall–Kier alpha value is -1.23. The third-order valence-corrected chi connectivity index (χ3v) is 3.70. The zero-order valence-electron chi connectivity index (χ0n) is 10.7. The first-order valence-electron chi connectivity index (χ1n) is 5.96. The summed E-state index contributed by atoms with van der Waals surface area (Å²) < 4.78 is 4.99. The maximum Gasteiger partial charge on any atom is 0.334 e. The number of hydrogen-bond acceptors (Lipinski definition) is 4. The fourth-order valence-corrected chi connectivity index (χ4v) is 2.76. The van der Waals surface area contributed by atoms with Gasteiger partial charge in [-0.3, -0.25) is 4.79 Å². The van der Waals surface area contributed by atoms with Crippen LogP contribution < -0.4 is 0 Å². The Morgan fingerprint density at radius 3 is 2.72 bits per heavy atom. The second kappa shape index (κ2) is 7.26. The molecule has 0 aromatic rings. The molecule has 5 heteroatoms. The molecule has 4 nitrogen and oxygen atoms in total. The van der Waals surface area contributed by atoms with Crippen LogP contribution in [0.5, 0.6) is 0 Å². The average Bonchev–Trinajstić information content (AvgIpc) is 2.28. The van der Waals surface area contributed by atoms with Gasteiger partial charge in [-0.05, 0) is 43.2 Å². The number of allylic oxidation sites excluding steroid dienone is 3. The van der Waals surface area contributed by atoms with Gasteiger partial charge in [-0.15, -0.1) is 11.8 Å². The molecule has 0 heterocycles. The van der Waals surface area contributed by atoms with Crippen molar-refractivity contribution in [3.63, 3.8) is 0 Å². The van der Waals surface area contributed by atoms with E-state index in [9.17, 15) is 9.59 Å². The van der Waals surface area contributed by atoms with Gasteiger partial charge in [0.15, 0.2) is 0 Å². The molecule has 100 valence electrons. The summed E-state index contributed by atoms with van der Waals surface area (Å²) in [5.41, 5.74) is 1.66. The van der Waals surface area contributed by atoms with Crippen molar-refractivity contribution >= 4 is 23.7 Å². The van der Waals surface area contributed by atoms with E-state index in [0.29, 0.717) is 18.8 Å². The van der Waals surface area contributed by atoms with Crippen LogP contribution in [0, 0.1) is 0 Å². The van der Waals surface area contributed by atoms with E-state index in [1.165, 1.54) is 0 Å². The van der Waals surface area contributed by atoms with Gasteiger partial charge in [-0.25, -0.2) is 4.79 Å². The molecule has 0 aromatic heterocycles. The summed E-state index contributed by atoms with van der Waals surface area (Å²) >= 11 is 1.55. The van der Waals surface area contributed by atoms with Crippen LogP contribution in [0.25, 0.3) is 0 Å². The Morgan fingerprint density at radius 1 is 1.44 bits per heavy atom. The molecular formula is C13H18O4S. The highest BCUT2D eigenvalue weighted by Crippen LogP contribution is 2.31. The van der Waals surface area contributed by atoms with Crippen molar-refractivity contribution in [2.75, 3.05) is 12.4 Å². The Bertz CT molecular complexity index is 396. The normalized spacial score (nSPS) is 15.3. The lowest BCUT2D eigenvalue weighted by atomic mass is 9.99. The summed E-state index contributed by atoms with van der Waals surface area (Å²) in [4.78, 5) is 23.2. The minimum absolute atomic E-state index is 0.162. The molecule has 0 saturated heterocycles. The molecule has 0 atom stereocenters. The third-order valence-electron chi connectivity index (χ3n) is 2.60. The van der Waals surface area contributed by atoms with Crippen molar-refractivity contribution in [1.82, 2.24) is 0 Å². The third kappa shape index (κ3) is 4.56. The number of carboxylic acids is 1. The van der Waals surface area contributed by atoms with Gasteiger partial charge >= 0.3 is 11.9 Å². The summed E-state index contributed by atoms with van der Waals surface area (Å²) in [6.07, 6.45) is 3.59. The van der Waals surface area contributed by atoms with E-state index >= 15 is 0 Å². The molecule has 0 bridgehead atoms. The Kier molecular flexibility index (Phi) is 5.98. The number of esters is 1. The lowest BCUT2D eigenvalue weighted by molar-refractivity contribution is -0.139. The van der Waals surface area contributed by atoms with Crippen molar-refractivity contribution in [3.05, 3.63) is 22.1 Å². The summed E-state index contributed by atoms with van der Waals surface area (Å²) in [6.45, 7) is 4.07. The highest BCUT2D eigenvalue weighted by atomic mass is 32.2. The fourth-order valence-electron chi connectivity index (χ4n) is 1.71. The topological polar surface area (TPSA) is 63.6 Å². The zero-order valence-corrected chi connectivity index (χ0v) is 11.5. The van der Waals surface area contributed by atoms with Gasteiger partial charge in [0.25, 0.3) is 0 Å². The number of rotatable bonds is 6. The summed E-state index contributed by atoms with van der Waals surface area (Å²) in [7, 11) is 0. The number of carbonyl (C=O) groups excluding carboxylic acids is 1. The van der Waals surface area contributed by atoms with Gasteiger partial charge in [0.1, 0.15) is 0 Å². The molecule has 0 amide bonds. The number of carbonyl (C=O) groups is 2. The Morgan fingerprint density at radius 2 is 2.17 bits per heavy atom. The van der Waals surface area contributed by atoms with E-state index in [2.05, 4.69) is 0 Å². The molecule has 1 N–H and O–H groups in total. The van der Waals surface area contributed by atoms with Crippen molar-refractivity contribution < 1.29 is 19.4 Å². The average molecular weight is 270 g/mol. The Labute approximate surface area is 111 Å². The molecule has 0 saturated carbocycles. The SMILES string of the molecule is CCOC(=O)C1=C(C)C=C(SCCC(=O)O)CC1. The largest absolute Gasteiger partial charge is 0.481 e. The predicted octanol–water partition coefficient (Wildman–Crippen LogP) is 2.75. The van der Waals surface area contributed by atoms with Crippen LogP contribution in [-0.4, -0.2) is 29.4 Å². The van der Waals surface area contributed by atoms with E-state index in [1.54, 1.807) is 18.7 Å². The molecule has 0 fully saturated rings. The van der Waals surface area contributed by atoms with Gasteiger partial charge in [-0.2, -0.15) is 0 Å². The first-order chi connectivity index (χ1) is 8.54. The number of aliphatic carboxylic acids is 1. The van der Waals surface area contributed by atoms with E-state index in [0.717, 1.165) is 22.5 Å². The van der Waals surface area contributed by atoms with Crippen molar-refractivity contribution in [1.29, 1.82) is 0 Å². The fraction of sp³-hybridized carbons (Fsp3) is 0.538. The van der Waals surface area contributed by atoms with Crippen LogP contribution in [-0.2, 0) is 14.3 Å². The summed E-state index contributed by atoms with van der Waals surface area (Å²) in [5.74, 6) is -0.442. The summed E-state index contributed by atoms with van der Waals surface area (Å²) in [6, 6.07) is 0. The highest BCUT2D eigenvalue weighted by Gasteiger charge is 2.18. The minimum atomic E-state index is -0.779. The van der Waals surface area contributed by atoms with Crippen molar-refractivity contribution in [3.8, 4) is 0 Å². The van der Waals surface area contributed by atoms with E-state index in [4.69, 9.17) is 9.84 Å². The minimum Gasteiger partial charge on any atom is -0.481 e. The maximum absolute atomic E-state index is 11.6. The van der Waals surface area contributed by atoms with Crippen molar-refractivity contribution in [2.24, 2.45) is 0 Å². The van der Waals surface area contributed by atoms with E-state index in [-0.39, 0.29) is 12.4 Å². The maximum atomic E-state index is 11.6. The molecule has 1 aliphatic rings. The monoisotopic (exact) mass is 270 g/mol. The van der Waals surface area contributed by atoms with Gasteiger partial charge in [-0.1, -0.05) is 0 Å². The first kappa shape index (κ1) is 14.8. The number of thioether (sulfide) groups is 1. The second-order valence-corrected chi connectivity index (χ2v) is 5.21. The first-order valence-corrected chi connectivity index (χ1v) is 6.95. The number of carboxylic acid groups (broad SMARTS) is 1. The van der Waals surface area contributed by atoms with Crippen LogP contribution in [0.4, 0.5) is 0 Å². The number of hydrogen-bond donors (Lipinski definition) is 1. The lowest BCUT2D eigenvalue weighted by Gasteiger charge is -2.16. The highest BCUT2D eigenvalue weighted by molar-refractivity contribution is 8.03. The molecular weight excluding hydrogens is 252 g/mol. The standard InChI is InChI=1S/C13H18O4S/c1-3-17-13(16)11-5-4-10(8-9(11)2)18-7-6-12(14)15/h8H,3-7H2,1-2H3,(H,14,15). The van der Waals surface area contributed by atoms with Gasteiger partial charge in [0.05, 0.1) is 13.0 Å². The van der Waals surface area contributed by atoms with Crippen LogP contribution in [0.3, 0.4) is 0 Å².